The Bertz CT molecular complexity index is 230. The molecule has 1 rings (SSSR count). The van der Waals surface area contributed by atoms with Gasteiger partial charge in [-0.1, -0.05) is 6.92 Å². The Morgan fingerprint density at radius 3 is 2.53 bits per heavy atom. The zero-order valence-corrected chi connectivity index (χ0v) is 9.68. The van der Waals surface area contributed by atoms with Crippen molar-refractivity contribution in [2.45, 2.75) is 51.8 Å². The quantitative estimate of drug-likeness (QED) is 0.735. The Kier molecular flexibility index (Phi) is 4.11. The number of carbonyl (C=O) groups is 1. The molecule has 88 valence electrons. The molecule has 0 amide bonds. The van der Waals surface area contributed by atoms with Gasteiger partial charge in [-0.25, -0.2) is 0 Å². The summed E-state index contributed by atoms with van der Waals surface area (Å²) in [6, 6.07) is -0.517. The largest absolute Gasteiger partial charge is 0.480 e. The summed E-state index contributed by atoms with van der Waals surface area (Å²) in [7, 11) is 0. The summed E-state index contributed by atoms with van der Waals surface area (Å²) in [5, 5.41) is 18.6. The first-order valence-electron chi connectivity index (χ1n) is 5.60. The van der Waals surface area contributed by atoms with Crippen molar-refractivity contribution in [2.24, 2.45) is 5.92 Å². The zero-order chi connectivity index (χ0) is 11.6. The minimum absolute atomic E-state index is 0.0846. The van der Waals surface area contributed by atoms with E-state index in [4.69, 9.17) is 5.11 Å². The van der Waals surface area contributed by atoms with Gasteiger partial charge in [-0.15, -0.1) is 0 Å². The summed E-state index contributed by atoms with van der Waals surface area (Å²) in [5.74, 6) is -0.308. The van der Waals surface area contributed by atoms with Gasteiger partial charge in [-0.2, -0.15) is 0 Å². The molecule has 15 heavy (non-hydrogen) atoms. The second-order valence-corrected chi connectivity index (χ2v) is 4.70. The molecule has 0 radical (unpaired) electrons. The number of carboxylic acid groups (broad SMARTS) is 1. The smallest absolute Gasteiger partial charge is 0.320 e. The average Bonchev–Trinajstić information content (AvgIpc) is 2.16. The van der Waals surface area contributed by atoms with Crippen LogP contribution in [0.1, 0.15) is 33.6 Å². The predicted molar refractivity (Wildman–Crippen MR) is 57.7 cm³/mol. The molecule has 4 heteroatoms. The summed E-state index contributed by atoms with van der Waals surface area (Å²) in [6.07, 6.45) is 1.22. The van der Waals surface area contributed by atoms with Gasteiger partial charge in [0.2, 0.25) is 0 Å². The predicted octanol–water partition coefficient (Wildman–Crippen LogP) is 0.941. The van der Waals surface area contributed by atoms with Gasteiger partial charge in [-0.3, -0.25) is 9.69 Å². The van der Waals surface area contributed by atoms with E-state index in [1.165, 1.54) is 0 Å². The number of piperidine rings is 1. The van der Waals surface area contributed by atoms with Crippen LogP contribution in [0.15, 0.2) is 0 Å². The van der Waals surface area contributed by atoms with Crippen LogP contribution in [0.3, 0.4) is 0 Å². The van der Waals surface area contributed by atoms with E-state index in [-0.39, 0.29) is 6.04 Å². The summed E-state index contributed by atoms with van der Waals surface area (Å²) >= 11 is 0. The number of nitrogens with zero attached hydrogens (tertiary/aromatic N) is 1. The van der Waals surface area contributed by atoms with Crippen molar-refractivity contribution < 1.29 is 15.0 Å². The molecule has 0 bridgehead atoms. The molecule has 0 aliphatic carbocycles. The van der Waals surface area contributed by atoms with Crippen molar-refractivity contribution in [1.29, 1.82) is 0 Å². The van der Waals surface area contributed by atoms with Crippen molar-refractivity contribution in [2.75, 3.05) is 6.54 Å². The molecule has 0 saturated carbocycles. The van der Waals surface area contributed by atoms with Crippen molar-refractivity contribution in [3.05, 3.63) is 0 Å². The van der Waals surface area contributed by atoms with Gasteiger partial charge in [0.05, 0.1) is 6.10 Å². The standard InChI is InChI=1S/C11H21NO3/c1-7-4-5-12(8(2)9(3)13)10(6-7)11(14)15/h7-10,13H,4-6H2,1-3H3,(H,14,15). The molecular formula is C11H21NO3. The van der Waals surface area contributed by atoms with Gasteiger partial charge in [-0.05, 0) is 39.2 Å². The number of aliphatic hydroxyl groups excluding tert-OH is 1. The van der Waals surface area contributed by atoms with Gasteiger partial charge in [0, 0.05) is 6.04 Å². The first kappa shape index (κ1) is 12.5. The molecule has 4 unspecified atom stereocenters. The van der Waals surface area contributed by atoms with Crippen LogP contribution in [0.4, 0.5) is 0 Å². The number of carboxylic acids is 1. The van der Waals surface area contributed by atoms with Crippen molar-refractivity contribution in [3.8, 4) is 0 Å². The topological polar surface area (TPSA) is 60.8 Å². The Morgan fingerprint density at radius 2 is 2.07 bits per heavy atom. The highest BCUT2D eigenvalue weighted by molar-refractivity contribution is 5.73. The van der Waals surface area contributed by atoms with E-state index in [2.05, 4.69) is 6.92 Å². The molecule has 4 atom stereocenters. The number of likely N-dealkylation sites (tertiary alicyclic amines) is 1. The van der Waals surface area contributed by atoms with Crippen LogP contribution in [0.2, 0.25) is 0 Å². The summed E-state index contributed by atoms with van der Waals surface area (Å²) in [6.45, 7) is 6.45. The zero-order valence-electron chi connectivity index (χ0n) is 9.68. The number of aliphatic carboxylic acids is 1. The van der Waals surface area contributed by atoms with E-state index in [1.54, 1.807) is 6.92 Å². The lowest BCUT2D eigenvalue weighted by Crippen LogP contribution is -2.53. The second-order valence-electron chi connectivity index (χ2n) is 4.70. The van der Waals surface area contributed by atoms with Crippen LogP contribution < -0.4 is 0 Å². The molecule has 1 aliphatic rings. The molecule has 2 N–H and O–H groups in total. The third-order valence-electron chi connectivity index (χ3n) is 3.41. The fraction of sp³-hybridized carbons (Fsp3) is 0.909. The third kappa shape index (κ3) is 2.92. The van der Waals surface area contributed by atoms with Crippen LogP contribution >= 0.6 is 0 Å². The molecule has 1 aliphatic heterocycles. The van der Waals surface area contributed by atoms with Crippen LogP contribution in [0.25, 0.3) is 0 Å². The van der Waals surface area contributed by atoms with Gasteiger partial charge >= 0.3 is 5.97 Å². The first-order valence-corrected chi connectivity index (χ1v) is 5.60. The van der Waals surface area contributed by atoms with Crippen LogP contribution in [0, 0.1) is 5.92 Å². The maximum atomic E-state index is 11.1. The molecular weight excluding hydrogens is 194 g/mol. The van der Waals surface area contributed by atoms with E-state index < -0.39 is 18.1 Å². The van der Waals surface area contributed by atoms with Gasteiger partial charge in [0.25, 0.3) is 0 Å². The SMILES string of the molecule is CC1CCN(C(C)C(C)O)C(C(=O)O)C1. The lowest BCUT2D eigenvalue weighted by molar-refractivity contribution is -0.147. The van der Waals surface area contributed by atoms with Crippen molar-refractivity contribution in [1.82, 2.24) is 4.90 Å². The lowest BCUT2D eigenvalue weighted by atomic mass is 9.90. The minimum atomic E-state index is -0.769. The first-order chi connectivity index (χ1) is 6.93. The molecule has 1 heterocycles. The highest BCUT2D eigenvalue weighted by Gasteiger charge is 2.35. The monoisotopic (exact) mass is 215 g/mol. The fourth-order valence-corrected chi connectivity index (χ4v) is 2.17. The van der Waals surface area contributed by atoms with Crippen LogP contribution in [-0.4, -0.2) is 45.8 Å². The van der Waals surface area contributed by atoms with E-state index in [1.807, 2.05) is 11.8 Å². The van der Waals surface area contributed by atoms with Crippen LogP contribution in [0.5, 0.6) is 0 Å². The van der Waals surface area contributed by atoms with E-state index in [0.717, 1.165) is 13.0 Å². The molecule has 1 fully saturated rings. The average molecular weight is 215 g/mol. The highest BCUT2D eigenvalue weighted by atomic mass is 16.4. The Hall–Kier alpha value is -0.610. The van der Waals surface area contributed by atoms with Crippen LogP contribution in [-0.2, 0) is 4.79 Å². The number of hydrogen-bond donors (Lipinski definition) is 2. The molecule has 0 aromatic rings. The third-order valence-corrected chi connectivity index (χ3v) is 3.41. The molecule has 0 aromatic heterocycles. The Morgan fingerprint density at radius 1 is 1.47 bits per heavy atom. The molecule has 4 nitrogen and oxygen atoms in total. The molecule has 0 spiro atoms. The summed E-state index contributed by atoms with van der Waals surface area (Å²) in [4.78, 5) is 13.0. The number of rotatable bonds is 3. The second kappa shape index (κ2) is 4.94. The minimum Gasteiger partial charge on any atom is -0.480 e. The Balaban J connectivity index is 2.72. The van der Waals surface area contributed by atoms with Gasteiger partial charge in [0.1, 0.15) is 6.04 Å². The highest BCUT2D eigenvalue weighted by Crippen LogP contribution is 2.25. The summed E-state index contributed by atoms with van der Waals surface area (Å²) < 4.78 is 0. The Labute approximate surface area is 90.9 Å². The van der Waals surface area contributed by atoms with E-state index in [9.17, 15) is 9.90 Å². The normalized spacial score (nSPS) is 32.3. The summed E-state index contributed by atoms with van der Waals surface area (Å²) in [5.41, 5.74) is 0. The van der Waals surface area contributed by atoms with Gasteiger partial charge in [0.15, 0.2) is 0 Å². The van der Waals surface area contributed by atoms with Gasteiger partial charge < -0.3 is 10.2 Å². The van der Waals surface area contributed by atoms with E-state index >= 15 is 0 Å². The lowest BCUT2D eigenvalue weighted by Gasteiger charge is -2.40. The number of aliphatic hydroxyl groups is 1. The fourth-order valence-electron chi connectivity index (χ4n) is 2.17. The molecule has 1 saturated heterocycles. The van der Waals surface area contributed by atoms with Crippen molar-refractivity contribution in [3.63, 3.8) is 0 Å². The number of hydrogen-bond acceptors (Lipinski definition) is 3. The maximum absolute atomic E-state index is 11.1. The molecule has 0 aromatic carbocycles. The van der Waals surface area contributed by atoms with Crippen molar-refractivity contribution >= 4 is 5.97 Å². The maximum Gasteiger partial charge on any atom is 0.320 e. The van der Waals surface area contributed by atoms with E-state index in [0.29, 0.717) is 12.3 Å².